The van der Waals surface area contributed by atoms with Gasteiger partial charge in [0, 0.05) is 18.1 Å². The van der Waals surface area contributed by atoms with Crippen LogP contribution in [0, 0.1) is 10.1 Å². The minimum absolute atomic E-state index is 0.161. The molecule has 19 heavy (non-hydrogen) atoms. The second-order valence-electron chi connectivity index (χ2n) is 3.96. The molecule has 1 fully saturated rings. The van der Waals surface area contributed by atoms with E-state index in [4.69, 9.17) is 16.3 Å². The summed E-state index contributed by atoms with van der Waals surface area (Å²) in [6.45, 7) is 2.38. The number of aromatic nitrogens is 1. The van der Waals surface area contributed by atoms with Crippen LogP contribution in [0.1, 0.15) is 17.8 Å². The van der Waals surface area contributed by atoms with Crippen molar-refractivity contribution in [3.63, 3.8) is 0 Å². The zero-order chi connectivity index (χ0) is 14.0. The van der Waals surface area contributed by atoms with Gasteiger partial charge < -0.3 is 14.5 Å². The highest BCUT2D eigenvalue weighted by atomic mass is 35.5. The summed E-state index contributed by atoms with van der Waals surface area (Å²) < 4.78 is 5.79. The molecular weight excluding hydrogens is 294 g/mol. The number of hydrogen-bond acceptors (Lipinski definition) is 5. The number of thiazole rings is 1. The van der Waals surface area contributed by atoms with Crippen molar-refractivity contribution < 1.29 is 9.77 Å². The van der Waals surface area contributed by atoms with Crippen molar-refractivity contribution >= 4 is 28.9 Å². The number of hydrogen-bond donors (Lipinski definition) is 0. The van der Waals surface area contributed by atoms with E-state index < -0.39 is 5.03 Å². The summed E-state index contributed by atoms with van der Waals surface area (Å²) in [7, 11) is 1.68. The lowest BCUT2D eigenvalue weighted by Crippen LogP contribution is -2.50. The summed E-state index contributed by atoms with van der Waals surface area (Å²) in [5.74, 6) is 0.258. The van der Waals surface area contributed by atoms with Gasteiger partial charge in [-0.25, -0.2) is 15.1 Å². The lowest BCUT2D eigenvalue weighted by Gasteiger charge is -2.37. The van der Waals surface area contributed by atoms with Gasteiger partial charge in [0.15, 0.2) is 9.50 Å². The fourth-order valence-corrected chi connectivity index (χ4v) is 2.73. The number of nitrogens with zero attached hydrogens (tertiary/aromatic N) is 5. The van der Waals surface area contributed by atoms with E-state index in [0.29, 0.717) is 4.47 Å². The molecule has 0 aliphatic carbocycles. The van der Waals surface area contributed by atoms with Gasteiger partial charge in [-0.15, -0.1) is 11.3 Å². The van der Waals surface area contributed by atoms with Gasteiger partial charge >= 0.3 is 0 Å². The Kier molecular flexibility index (Phi) is 4.17. The molecule has 10 heteroatoms. The van der Waals surface area contributed by atoms with Crippen molar-refractivity contribution in [1.29, 1.82) is 0 Å². The number of guanidine groups is 1. The quantitative estimate of drug-likeness (QED) is 0.623. The van der Waals surface area contributed by atoms with Crippen molar-refractivity contribution in [2.24, 2.45) is 5.10 Å². The number of rotatable bonds is 3. The van der Waals surface area contributed by atoms with E-state index in [1.165, 1.54) is 11.3 Å². The molecule has 2 rings (SSSR count). The van der Waals surface area contributed by atoms with Crippen LogP contribution in [-0.4, -0.2) is 46.3 Å². The number of hydrazone groups is 1. The lowest BCUT2D eigenvalue weighted by atomic mass is 10.2. The van der Waals surface area contributed by atoms with Gasteiger partial charge in [0.2, 0.25) is 0 Å². The molecule has 1 aliphatic heterocycles. The Morgan fingerprint density at radius 3 is 3.00 bits per heavy atom. The van der Waals surface area contributed by atoms with E-state index in [1.54, 1.807) is 23.0 Å². The highest BCUT2D eigenvalue weighted by Gasteiger charge is 2.30. The summed E-state index contributed by atoms with van der Waals surface area (Å²) >= 11 is 7.13. The van der Waals surface area contributed by atoms with Crippen molar-refractivity contribution in [3.8, 4) is 0 Å². The first-order valence-electron chi connectivity index (χ1n) is 5.38. The van der Waals surface area contributed by atoms with Crippen molar-refractivity contribution in [1.82, 2.24) is 14.8 Å². The maximum atomic E-state index is 10.6. The average Bonchev–Trinajstić information content (AvgIpc) is 2.77. The van der Waals surface area contributed by atoms with E-state index in [9.17, 15) is 10.1 Å². The maximum Gasteiger partial charge on any atom is 0.277 e. The van der Waals surface area contributed by atoms with Gasteiger partial charge in [-0.3, -0.25) is 0 Å². The van der Waals surface area contributed by atoms with Gasteiger partial charge in [-0.2, -0.15) is 0 Å². The largest absolute Gasteiger partial charge is 0.341 e. The Hall–Kier alpha value is -1.45. The van der Waals surface area contributed by atoms with Crippen LogP contribution in [0.5, 0.6) is 0 Å². The topological polar surface area (TPSA) is 84.1 Å². The van der Waals surface area contributed by atoms with Crippen molar-refractivity contribution in [3.05, 3.63) is 25.7 Å². The van der Waals surface area contributed by atoms with Crippen LogP contribution in [-0.2, 0) is 4.74 Å². The third-order valence-electron chi connectivity index (χ3n) is 2.66. The monoisotopic (exact) mass is 305 g/mol. The third kappa shape index (κ3) is 3.11. The molecule has 0 saturated carbocycles. The molecule has 0 spiro atoms. The van der Waals surface area contributed by atoms with Crippen LogP contribution in [0.3, 0.4) is 0 Å². The van der Waals surface area contributed by atoms with Gasteiger partial charge in [0.1, 0.15) is 18.6 Å². The number of halogens is 1. The van der Waals surface area contributed by atoms with E-state index in [-0.39, 0.29) is 25.5 Å². The van der Waals surface area contributed by atoms with E-state index in [1.807, 2.05) is 6.92 Å². The molecule has 0 bridgehead atoms. The SMILES string of the molecule is CC(c1cnc(Cl)s1)N1COCN(C)C1=N[N+](=O)[O-]. The van der Waals surface area contributed by atoms with Crippen LogP contribution in [0.4, 0.5) is 0 Å². The molecule has 0 radical (unpaired) electrons. The summed E-state index contributed by atoms with van der Waals surface area (Å²) in [4.78, 5) is 18.7. The Bertz CT molecular complexity index is 508. The summed E-state index contributed by atoms with van der Waals surface area (Å²) in [6, 6.07) is -0.161. The van der Waals surface area contributed by atoms with E-state index in [0.717, 1.165) is 4.88 Å². The molecule has 2 heterocycles. The molecule has 1 aliphatic rings. The number of nitro groups is 1. The Morgan fingerprint density at radius 2 is 2.42 bits per heavy atom. The predicted octanol–water partition coefficient (Wildman–Crippen LogP) is 1.58. The first-order valence-corrected chi connectivity index (χ1v) is 6.58. The molecule has 1 atom stereocenters. The van der Waals surface area contributed by atoms with Crippen LogP contribution in [0.25, 0.3) is 0 Å². The molecular formula is C9H12ClN5O3S. The Labute approximate surface area is 118 Å². The van der Waals surface area contributed by atoms with Crippen LogP contribution in [0.2, 0.25) is 4.47 Å². The smallest absolute Gasteiger partial charge is 0.277 e. The zero-order valence-corrected chi connectivity index (χ0v) is 11.9. The van der Waals surface area contributed by atoms with Gasteiger partial charge in [0.25, 0.3) is 5.96 Å². The van der Waals surface area contributed by atoms with Crippen LogP contribution >= 0.6 is 22.9 Å². The minimum atomic E-state index is -0.712. The zero-order valence-electron chi connectivity index (χ0n) is 10.3. The highest BCUT2D eigenvalue weighted by molar-refractivity contribution is 7.15. The molecule has 0 amide bonds. The standard InChI is InChI=1S/C9H12ClN5O3S/c1-6(7-3-11-8(10)19-7)14-5-18-4-13(2)9(14)12-15(16)17/h3,6H,4-5H2,1-2H3. The molecule has 1 saturated heterocycles. The van der Waals surface area contributed by atoms with E-state index in [2.05, 4.69) is 10.1 Å². The van der Waals surface area contributed by atoms with Crippen molar-refractivity contribution in [2.45, 2.75) is 13.0 Å². The molecule has 0 aromatic carbocycles. The predicted molar refractivity (Wildman–Crippen MR) is 70.4 cm³/mol. The summed E-state index contributed by atoms with van der Waals surface area (Å²) in [5, 5.41) is 13.3. The molecule has 1 aromatic heterocycles. The average molecular weight is 306 g/mol. The van der Waals surface area contributed by atoms with E-state index >= 15 is 0 Å². The van der Waals surface area contributed by atoms with Gasteiger partial charge in [-0.05, 0) is 6.92 Å². The molecule has 104 valence electrons. The summed E-state index contributed by atoms with van der Waals surface area (Å²) in [5.41, 5.74) is 0. The van der Waals surface area contributed by atoms with Gasteiger partial charge in [-0.1, -0.05) is 11.6 Å². The fraction of sp³-hybridized carbons (Fsp3) is 0.556. The maximum absolute atomic E-state index is 10.6. The van der Waals surface area contributed by atoms with Crippen LogP contribution < -0.4 is 0 Å². The Balaban J connectivity index is 2.27. The third-order valence-corrected chi connectivity index (χ3v) is 3.94. The molecule has 1 aromatic rings. The normalized spacial score (nSPS) is 19.8. The summed E-state index contributed by atoms with van der Waals surface area (Å²) in [6.07, 6.45) is 1.65. The molecule has 0 N–H and O–H groups in total. The highest BCUT2D eigenvalue weighted by Crippen LogP contribution is 2.29. The van der Waals surface area contributed by atoms with Crippen molar-refractivity contribution in [2.75, 3.05) is 20.5 Å². The molecule has 8 nitrogen and oxygen atoms in total. The second-order valence-corrected chi connectivity index (χ2v) is 5.60. The minimum Gasteiger partial charge on any atom is -0.341 e. The Morgan fingerprint density at radius 1 is 1.68 bits per heavy atom. The molecule has 1 unspecified atom stereocenters. The fourth-order valence-electron chi connectivity index (χ4n) is 1.71. The lowest BCUT2D eigenvalue weighted by molar-refractivity contribution is -0.486. The van der Waals surface area contributed by atoms with Crippen LogP contribution in [0.15, 0.2) is 11.3 Å². The second kappa shape index (κ2) is 5.68. The van der Waals surface area contributed by atoms with Gasteiger partial charge in [0.05, 0.1) is 6.04 Å². The first-order chi connectivity index (χ1) is 8.99. The first kappa shape index (κ1) is 14.0. The number of ether oxygens (including phenoxy) is 1.